The van der Waals surface area contributed by atoms with Crippen LogP contribution in [0.15, 0.2) is 42.6 Å². The number of ether oxygens (including phenoxy) is 1. The maximum atomic E-state index is 13.9. The Balaban J connectivity index is 1.54. The van der Waals surface area contributed by atoms with Crippen molar-refractivity contribution in [2.45, 2.75) is 19.5 Å². The number of halogens is 1. The van der Waals surface area contributed by atoms with Crippen molar-refractivity contribution in [2.24, 2.45) is 11.8 Å². The van der Waals surface area contributed by atoms with E-state index in [0.29, 0.717) is 18.4 Å². The summed E-state index contributed by atoms with van der Waals surface area (Å²) >= 11 is 0. The molecule has 28 heavy (non-hydrogen) atoms. The number of pyridine rings is 1. The Bertz CT molecular complexity index is 842. The van der Waals surface area contributed by atoms with Crippen molar-refractivity contribution in [2.75, 3.05) is 33.4 Å². The third-order valence-electron chi connectivity index (χ3n) is 5.90. The van der Waals surface area contributed by atoms with Crippen molar-refractivity contribution in [1.29, 1.82) is 0 Å². The summed E-state index contributed by atoms with van der Waals surface area (Å²) in [5.74, 6) is 0.384. The molecule has 0 aliphatic carbocycles. The van der Waals surface area contributed by atoms with E-state index in [2.05, 4.69) is 16.0 Å². The lowest BCUT2D eigenvalue weighted by Crippen LogP contribution is -2.37. The smallest absolute Gasteiger partial charge is 0.249 e. The van der Waals surface area contributed by atoms with Gasteiger partial charge in [-0.15, -0.1) is 0 Å². The van der Waals surface area contributed by atoms with Crippen LogP contribution in [0.3, 0.4) is 0 Å². The van der Waals surface area contributed by atoms with Crippen molar-refractivity contribution in [3.05, 3.63) is 65.2 Å². The number of nitrogens with zero attached hydrogens (tertiary/aromatic N) is 3. The number of methoxy groups -OCH3 is 1. The van der Waals surface area contributed by atoms with Gasteiger partial charge in [0.05, 0.1) is 6.04 Å². The first-order chi connectivity index (χ1) is 13.5. The molecule has 2 aliphatic rings. The number of fused-ring (bicyclic) bond motifs is 1. The van der Waals surface area contributed by atoms with E-state index in [1.807, 2.05) is 30.2 Å². The highest BCUT2D eigenvalue weighted by Crippen LogP contribution is 2.45. The molecular weight excluding hydrogens is 357 g/mol. The van der Waals surface area contributed by atoms with Gasteiger partial charge in [0.2, 0.25) is 5.91 Å². The molecule has 3 atom stereocenters. The van der Waals surface area contributed by atoms with E-state index in [-0.39, 0.29) is 24.4 Å². The van der Waals surface area contributed by atoms with Gasteiger partial charge in [-0.25, -0.2) is 4.39 Å². The Morgan fingerprint density at radius 2 is 2.11 bits per heavy atom. The number of hydrogen-bond acceptors (Lipinski definition) is 4. The first-order valence-corrected chi connectivity index (χ1v) is 9.73. The zero-order valence-electron chi connectivity index (χ0n) is 16.3. The lowest BCUT2D eigenvalue weighted by atomic mass is 9.89. The van der Waals surface area contributed by atoms with Gasteiger partial charge in [-0.05, 0) is 42.2 Å². The average Bonchev–Trinajstić information content (AvgIpc) is 3.21. The van der Waals surface area contributed by atoms with E-state index < -0.39 is 0 Å². The molecule has 0 bridgehead atoms. The molecule has 0 spiro atoms. The fourth-order valence-corrected chi connectivity index (χ4v) is 4.70. The van der Waals surface area contributed by atoms with Gasteiger partial charge in [-0.1, -0.05) is 18.2 Å². The fraction of sp³-hybridized carbons (Fsp3) is 0.455. The Labute approximate surface area is 165 Å². The number of carbonyl (C=O) groups is 1. The summed E-state index contributed by atoms with van der Waals surface area (Å²) in [5.41, 5.74) is 3.08. The van der Waals surface area contributed by atoms with Crippen LogP contribution in [-0.4, -0.2) is 54.0 Å². The lowest BCUT2D eigenvalue weighted by Gasteiger charge is -2.30. The second-order valence-electron chi connectivity index (χ2n) is 7.90. The van der Waals surface area contributed by atoms with E-state index >= 15 is 0 Å². The minimum absolute atomic E-state index is 0.0274. The Kier molecular flexibility index (Phi) is 5.42. The van der Waals surface area contributed by atoms with Gasteiger partial charge in [0, 0.05) is 51.1 Å². The number of likely N-dealkylation sites (tertiary alicyclic amines) is 2. The number of benzene rings is 1. The Morgan fingerprint density at radius 1 is 1.25 bits per heavy atom. The van der Waals surface area contributed by atoms with Crippen LogP contribution in [0.5, 0.6) is 0 Å². The van der Waals surface area contributed by atoms with Crippen molar-refractivity contribution in [1.82, 2.24) is 14.8 Å². The molecule has 1 amide bonds. The Morgan fingerprint density at radius 3 is 2.82 bits per heavy atom. The number of carbonyl (C=O) groups excluding carboxylic acids is 1. The predicted molar refractivity (Wildman–Crippen MR) is 104 cm³/mol. The molecular formula is C22H26FN3O2. The van der Waals surface area contributed by atoms with Crippen LogP contribution in [-0.2, 0) is 16.1 Å². The van der Waals surface area contributed by atoms with Crippen molar-refractivity contribution in [3.8, 4) is 0 Å². The van der Waals surface area contributed by atoms with Crippen LogP contribution in [0.4, 0.5) is 4.39 Å². The van der Waals surface area contributed by atoms with Gasteiger partial charge < -0.3 is 9.64 Å². The number of aryl methyl sites for hydroxylation is 1. The van der Waals surface area contributed by atoms with Gasteiger partial charge in [0.25, 0.3) is 0 Å². The average molecular weight is 383 g/mol. The molecule has 5 nitrogen and oxygen atoms in total. The van der Waals surface area contributed by atoms with E-state index in [4.69, 9.17) is 4.74 Å². The molecule has 4 rings (SSSR count). The monoisotopic (exact) mass is 383 g/mol. The van der Waals surface area contributed by atoms with E-state index in [0.717, 1.165) is 30.9 Å². The standard InChI is InChI=1S/C22H26FN3O2/c1-15-6-7-16(9-24-15)10-25-11-18-12-26(21(27)14-28-2)22(20(18)13-25)17-4-3-5-19(23)8-17/h3-9,18,20,22H,10-14H2,1-2H3/t18-,20-,22+/m1/s1. The lowest BCUT2D eigenvalue weighted by molar-refractivity contribution is -0.136. The van der Waals surface area contributed by atoms with Crippen molar-refractivity contribution in [3.63, 3.8) is 0 Å². The maximum absolute atomic E-state index is 13.9. The molecule has 2 fully saturated rings. The number of hydrogen-bond donors (Lipinski definition) is 0. The third kappa shape index (κ3) is 3.80. The van der Waals surface area contributed by atoms with Crippen LogP contribution in [0.25, 0.3) is 0 Å². The molecule has 0 radical (unpaired) electrons. The van der Waals surface area contributed by atoms with E-state index in [1.54, 1.807) is 12.1 Å². The summed E-state index contributed by atoms with van der Waals surface area (Å²) < 4.78 is 19.0. The Hall–Kier alpha value is -2.31. The predicted octanol–water partition coefficient (Wildman–Crippen LogP) is 2.81. The number of rotatable bonds is 5. The normalized spacial score (nSPS) is 24.5. The van der Waals surface area contributed by atoms with Crippen LogP contribution < -0.4 is 0 Å². The minimum atomic E-state index is -0.263. The molecule has 2 aromatic rings. The minimum Gasteiger partial charge on any atom is -0.375 e. The molecule has 1 aromatic heterocycles. The van der Waals surface area contributed by atoms with E-state index in [1.165, 1.54) is 18.7 Å². The van der Waals surface area contributed by atoms with Crippen molar-refractivity contribution >= 4 is 5.91 Å². The van der Waals surface area contributed by atoms with Crippen LogP contribution >= 0.6 is 0 Å². The first-order valence-electron chi connectivity index (χ1n) is 9.73. The topological polar surface area (TPSA) is 45.7 Å². The molecule has 0 unspecified atom stereocenters. The van der Waals surface area contributed by atoms with Crippen LogP contribution in [0.2, 0.25) is 0 Å². The summed E-state index contributed by atoms with van der Waals surface area (Å²) in [6.07, 6.45) is 1.93. The fourth-order valence-electron chi connectivity index (χ4n) is 4.70. The highest BCUT2D eigenvalue weighted by molar-refractivity contribution is 5.78. The highest BCUT2D eigenvalue weighted by atomic mass is 19.1. The van der Waals surface area contributed by atoms with Gasteiger partial charge in [-0.2, -0.15) is 0 Å². The molecule has 2 aliphatic heterocycles. The number of amides is 1. The molecule has 1 aromatic carbocycles. The second-order valence-corrected chi connectivity index (χ2v) is 7.90. The summed E-state index contributed by atoms with van der Waals surface area (Å²) in [4.78, 5) is 21.3. The summed E-state index contributed by atoms with van der Waals surface area (Å²) in [6.45, 7) is 5.40. The van der Waals surface area contributed by atoms with Crippen molar-refractivity contribution < 1.29 is 13.9 Å². The maximum Gasteiger partial charge on any atom is 0.249 e. The molecule has 3 heterocycles. The summed E-state index contributed by atoms with van der Waals surface area (Å²) in [6, 6.07) is 10.7. The second kappa shape index (κ2) is 7.97. The number of aromatic nitrogens is 1. The van der Waals surface area contributed by atoms with E-state index in [9.17, 15) is 9.18 Å². The van der Waals surface area contributed by atoms with Gasteiger partial charge in [-0.3, -0.25) is 14.7 Å². The van der Waals surface area contributed by atoms with Gasteiger partial charge in [0.15, 0.2) is 0 Å². The summed E-state index contributed by atoms with van der Waals surface area (Å²) in [5, 5.41) is 0. The molecule has 148 valence electrons. The van der Waals surface area contributed by atoms with Gasteiger partial charge in [0.1, 0.15) is 12.4 Å². The largest absolute Gasteiger partial charge is 0.375 e. The zero-order chi connectivity index (χ0) is 19.7. The van der Waals surface area contributed by atoms with Gasteiger partial charge >= 0.3 is 0 Å². The summed E-state index contributed by atoms with van der Waals surface area (Å²) in [7, 11) is 1.53. The molecule has 0 N–H and O–H groups in total. The molecule has 0 saturated carbocycles. The third-order valence-corrected chi connectivity index (χ3v) is 5.90. The molecule has 6 heteroatoms. The SMILES string of the molecule is COCC(=O)N1C[C@H]2CN(Cc3ccc(C)nc3)C[C@H]2[C@@H]1c1cccc(F)c1. The zero-order valence-corrected chi connectivity index (χ0v) is 16.3. The van der Waals surface area contributed by atoms with Crippen LogP contribution in [0.1, 0.15) is 22.9 Å². The first kappa shape index (κ1) is 19.0. The molecule has 2 saturated heterocycles. The highest BCUT2D eigenvalue weighted by Gasteiger charge is 2.48. The van der Waals surface area contributed by atoms with Crippen LogP contribution in [0, 0.1) is 24.6 Å². The quantitative estimate of drug-likeness (QED) is 0.797.